The van der Waals surface area contributed by atoms with Gasteiger partial charge in [0.05, 0.1) is 6.10 Å². The van der Waals surface area contributed by atoms with E-state index in [1.807, 2.05) is 14.0 Å². The van der Waals surface area contributed by atoms with Gasteiger partial charge in [0.1, 0.15) is 4.21 Å². The Morgan fingerprint density at radius 1 is 1.48 bits per heavy atom. The van der Waals surface area contributed by atoms with Crippen LogP contribution in [0.25, 0.3) is 0 Å². The zero-order chi connectivity index (χ0) is 15.5. The molecule has 1 fully saturated rings. The molecule has 0 bridgehead atoms. The maximum absolute atomic E-state index is 12.4. The summed E-state index contributed by atoms with van der Waals surface area (Å²) in [6.07, 6.45) is 2.03. The summed E-state index contributed by atoms with van der Waals surface area (Å²) < 4.78 is 33.5. The second-order valence-electron chi connectivity index (χ2n) is 5.42. The molecule has 0 aliphatic carbocycles. The summed E-state index contributed by atoms with van der Waals surface area (Å²) in [5.41, 5.74) is 1.02. The molecule has 1 aliphatic rings. The number of rotatable bonds is 7. The Labute approximate surface area is 131 Å². The third-order valence-electron chi connectivity index (χ3n) is 3.88. The Morgan fingerprint density at radius 3 is 2.90 bits per heavy atom. The molecule has 1 aromatic heterocycles. The maximum atomic E-state index is 12.4. The van der Waals surface area contributed by atoms with Crippen molar-refractivity contribution in [2.24, 2.45) is 5.92 Å². The van der Waals surface area contributed by atoms with E-state index in [2.05, 4.69) is 17.0 Å². The predicted molar refractivity (Wildman–Crippen MR) is 85.1 cm³/mol. The number of ether oxygens (including phenoxy) is 1. The van der Waals surface area contributed by atoms with Crippen molar-refractivity contribution < 1.29 is 13.2 Å². The van der Waals surface area contributed by atoms with Crippen LogP contribution < -0.4 is 10.0 Å². The molecule has 1 aromatic rings. The molecule has 2 unspecified atom stereocenters. The number of nitrogens with one attached hydrogen (secondary N) is 2. The first kappa shape index (κ1) is 16.9. The SMILES string of the molecule is CCC1OCCC1CNS(=O)(=O)c1cc(C)c(CNC)s1. The molecule has 0 radical (unpaired) electrons. The van der Waals surface area contributed by atoms with Crippen molar-refractivity contribution in [3.8, 4) is 0 Å². The van der Waals surface area contributed by atoms with Gasteiger partial charge in [-0.05, 0) is 38.4 Å². The van der Waals surface area contributed by atoms with Gasteiger partial charge in [0.15, 0.2) is 0 Å². The largest absolute Gasteiger partial charge is 0.378 e. The highest BCUT2D eigenvalue weighted by Gasteiger charge is 2.28. The number of aryl methyl sites for hydroxylation is 1. The van der Waals surface area contributed by atoms with E-state index in [4.69, 9.17) is 4.74 Å². The van der Waals surface area contributed by atoms with Gasteiger partial charge in [-0.15, -0.1) is 11.3 Å². The average Bonchev–Trinajstić information content (AvgIpc) is 3.04. The molecule has 2 atom stereocenters. The van der Waals surface area contributed by atoms with E-state index in [1.54, 1.807) is 6.07 Å². The summed E-state index contributed by atoms with van der Waals surface area (Å²) in [7, 11) is -1.56. The number of thiophene rings is 1. The quantitative estimate of drug-likeness (QED) is 0.800. The monoisotopic (exact) mass is 332 g/mol. The van der Waals surface area contributed by atoms with E-state index in [0.29, 0.717) is 17.3 Å². The standard InChI is InChI=1S/C14H24N2O3S2/c1-4-12-11(5-6-19-12)8-16-21(17,18)14-7-10(2)13(20-14)9-15-3/h7,11-12,15-16H,4-6,8-9H2,1-3H3. The molecule has 0 amide bonds. The highest BCUT2D eigenvalue weighted by molar-refractivity contribution is 7.91. The fourth-order valence-corrected chi connectivity index (χ4v) is 5.36. The van der Waals surface area contributed by atoms with Crippen LogP contribution in [0.5, 0.6) is 0 Å². The average molecular weight is 332 g/mol. The maximum Gasteiger partial charge on any atom is 0.250 e. The summed E-state index contributed by atoms with van der Waals surface area (Å²) >= 11 is 1.34. The normalized spacial score (nSPS) is 22.8. The molecule has 7 heteroatoms. The third-order valence-corrected chi connectivity index (χ3v) is 7.02. The van der Waals surface area contributed by atoms with Crippen LogP contribution in [-0.2, 0) is 21.3 Å². The van der Waals surface area contributed by atoms with Crippen molar-refractivity contribution in [2.75, 3.05) is 20.2 Å². The lowest BCUT2D eigenvalue weighted by atomic mass is 10.0. The van der Waals surface area contributed by atoms with E-state index < -0.39 is 10.0 Å². The van der Waals surface area contributed by atoms with E-state index in [-0.39, 0.29) is 12.0 Å². The third kappa shape index (κ3) is 4.04. The Hall–Kier alpha value is -0.470. The Balaban J connectivity index is 2.03. The second-order valence-corrected chi connectivity index (χ2v) is 8.55. The Bertz CT molecular complexity index is 569. The van der Waals surface area contributed by atoms with Crippen molar-refractivity contribution in [2.45, 2.75) is 43.5 Å². The zero-order valence-electron chi connectivity index (χ0n) is 12.8. The fourth-order valence-electron chi connectivity index (χ4n) is 2.62. The molecule has 120 valence electrons. The van der Waals surface area contributed by atoms with Crippen LogP contribution in [0.2, 0.25) is 0 Å². The topological polar surface area (TPSA) is 67.4 Å². The molecule has 0 saturated carbocycles. The molecule has 1 aliphatic heterocycles. The van der Waals surface area contributed by atoms with Gasteiger partial charge in [0, 0.05) is 30.5 Å². The van der Waals surface area contributed by atoms with E-state index >= 15 is 0 Å². The molecule has 2 heterocycles. The Morgan fingerprint density at radius 2 is 2.24 bits per heavy atom. The van der Waals surface area contributed by atoms with Crippen molar-refractivity contribution >= 4 is 21.4 Å². The van der Waals surface area contributed by atoms with Gasteiger partial charge in [0.25, 0.3) is 0 Å². The Kier molecular flexibility index (Phi) is 5.79. The van der Waals surface area contributed by atoms with E-state index in [9.17, 15) is 8.42 Å². The molecular formula is C14H24N2O3S2. The second kappa shape index (κ2) is 7.19. The van der Waals surface area contributed by atoms with Crippen molar-refractivity contribution in [1.29, 1.82) is 0 Å². The van der Waals surface area contributed by atoms with Gasteiger partial charge < -0.3 is 10.1 Å². The lowest BCUT2D eigenvalue weighted by Gasteiger charge is -2.16. The van der Waals surface area contributed by atoms with Gasteiger partial charge in [0.2, 0.25) is 10.0 Å². The van der Waals surface area contributed by atoms with Crippen LogP contribution in [0, 0.1) is 12.8 Å². The van der Waals surface area contributed by atoms with Gasteiger partial charge in [-0.1, -0.05) is 6.92 Å². The molecule has 2 rings (SSSR count). The van der Waals surface area contributed by atoms with Crippen molar-refractivity contribution in [3.05, 3.63) is 16.5 Å². The van der Waals surface area contributed by atoms with E-state index in [1.165, 1.54) is 11.3 Å². The lowest BCUT2D eigenvalue weighted by molar-refractivity contribution is 0.0884. The van der Waals surface area contributed by atoms with Crippen LogP contribution in [0.15, 0.2) is 10.3 Å². The van der Waals surface area contributed by atoms with Crippen LogP contribution in [-0.4, -0.2) is 34.7 Å². The minimum Gasteiger partial charge on any atom is -0.378 e. The first-order chi connectivity index (χ1) is 9.97. The first-order valence-corrected chi connectivity index (χ1v) is 9.63. The predicted octanol–water partition coefficient (Wildman–Crippen LogP) is 1.87. The van der Waals surface area contributed by atoms with E-state index in [0.717, 1.165) is 29.9 Å². The number of hydrogen-bond donors (Lipinski definition) is 2. The summed E-state index contributed by atoms with van der Waals surface area (Å²) in [5.74, 6) is 0.280. The van der Waals surface area contributed by atoms with Crippen LogP contribution in [0.3, 0.4) is 0 Å². The van der Waals surface area contributed by atoms with Gasteiger partial charge >= 0.3 is 0 Å². The minimum absolute atomic E-state index is 0.178. The summed E-state index contributed by atoms with van der Waals surface area (Å²) in [6.45, 7) is 5.90. The molecule has 2 N–H and O–H groups in total. The highest BCUT2D eigenvalue weighted by atomic mass is 32.2. The van der Waals surface area contributed by atoms with Crippen molar-refractivity contribution in [3.63, 3.8) is 0 Å². The molecular weight excluding hydrogens is 308 g/mol. The molecule has 0 spiro atoms. The van der Waals surface area contributed by atoms with Gasteiger partial charge in [-0.2, -0.15) is 0 Å². The smallest absolute Gasteiger partial charge is 0.250 e. The summed E-state index contributed by atoms with van der Waals surface area (Å²) in [6, 6.07) is 1.75. The van der Waals surface area contributed by atoms with Crippen LogP contribution >= 0.6 is 11.3 Å². The molecule has 21 heavy (non-hydrogen) atoms. The molecule has 1 saturated heterocycles. The zero-order valence-corrected chi connectivity index (χ0v) is 14.4. The van der Waals surface area contributed by atoms with Crippen LogP contribution in [0.4, 0.5) is 0 Å². The van der Waals surface area contributed by atoms with Crippen LogP contribution in [0.1, 0.15) is 30.2 Å². The van der Waals surface area contributed by atoms with Gasteiger partial charge in [-0.3, -0.25) is 0 Å². The minimum atomic E-state index is -3.41. The van der Waals surface area contributed by atoms with Crippen molar-refractivity contribution in [1.82, 2.24) is 10.0 Å². The van der Waals surface area contributed by atoms with Gasteiger partial charge in [-0.25, -0.2) is 13.1 Å². The number of sulfonamides is 1. The molecule has 0 aromatic carbocycles. The highest BCUT2D eigenvalue weighted by Crippen LogP contribution is 2.27. The lowest BCUT2D eigenvalue weighted by Crippen LogP contribution is -2.32. The summed E-state index contributed by atoms with van der Waals surface area (Å²) in [4.78, 5) is 1.06. The first-order valence-electron chi connectivity index (χ1n) is 7.33. The summed E-state index contributed by atoms with van der Waals surface area (Å²) in [5, 5.41) is 3.06. The fraction of sp³-hybridized carbons (Fsp3) is 0.714. The number of hydrogen-bond acceptors (Lipinski definition) is 5. The molecule has 5 nitrogen and oxygen atoms in total.